The number of rotatable bonds is 5. The van der Waals surface area contributed by atoms with Crippen LogP contribution in [0.1, 0.15) is 46.5 Å². The Balaban J connectivity index is 2.64. The molecule has 98 valence electrons. The molecule has 4 heteroatoms. The number of amides is 1. The first-order valence-corrected chi connectivity index (χ1v) is 6.52. The number of hydrogen-bond acceptors (Lipinski definition) is 2. The van der Waals surface area contributed by atoms with Gasteiger partial charge >= 0.3 is 5.97 Å². The van der Waals surface area contributed by atoms with E-state index >= 15 is 0 Å². The Hall–Kier alpha value is -1.06. The van der Waals surface area contributed by atoms with Crippen LogP contribution < -0.4 is 5.32 Å². The first kappa shape index (κ1) is 14.0. The summed E-state index contributed by atoms with van der Waals surface area (Å²) in [5, 5.41) is 12.1. The van der Waals surface area contributed by atoms with Crippen LogP contribution in [0, 0.1) is 17.8 Å². The monoisotopic (exact) mass is 241 g/mol. The standard InChI is InChI=1S/C13H23NO3/c1-4-9(5-2)14-12(15)10-6-8(3)7-11(10)13(16)17/h8-11H,4-7H2,1-3H3,(H,14,15)(H,16,17)/t8?,10-,11+/m0/s1. The topological polar surface area (TPSA) is 66.4 Å². The summed E-state index contributed by atoms with van der Waals surface area (Å²) in [4.78, 5) is 23.2. The van der Waals surface area contributed by atoms with Crippen LogP contribution >= 0.6 is 0 Å². The molecule has 1 fully saturated rings. The third kappa shape index (κ3) is 3.45. The van der Waals surface area contributed by atoms with Crippen molar-refractivity contribution in [1.29, 1.82) is 0 Å². The highest BCUT2D eigenvalue weighted by molar-refractivity contribution is 5.85. The van der Waals surface area contributed by atoms with Gasteiger partial charge < -0.3 is 10.4 Å². The maximum absolute atomic E-state index is 12.1. The minimum absolute atomic E-state index is 0.0737. The Bertz CT molecular complexity index is 286. The minimum atomic E-state index is -0.834. The molecule has 4 nitrogen and oxygen atoms in total. The number of carboxylic acids is 1. The number of carboxylic acid groups (broad SMARTS) is 1. The van der Waals surface area contributed by atoms with Gasteiger partial charge in [-0.2, -0.15) is 0 Å². The number of carbonyl (C=O) groups is 2. The van der Waals surface area contributed by atoms with Crippen LogP contribution in [-0.2, 0) is 9.59 Å². The zero-order valence-electron chi connectivity index (χ0n) is 10.9. The van der Waals surface area contributed by atoms with E-state index in [9.17, 15) is 9.59 Å². The van der Waals surface area contributed by atoms with Crippen LogP contribution in [0.2, 0.25) is 0 Å². The van der Waals surface area contributed by atoms with Crippen LogP contribution in [-0.4, -0.2) is 23.0 Å². The average Bonchev–Trinajstić information content (AvgIpc) is 2.68. The first-order chi connectivity index (χ1) is 7.99. The van der Waals surface area contributed by atoms with Gasteiger partial charge in [0.25, 0.3) is 0 Å². The molecule has 2 N–H and O–H groups in total. The van der Waals surface area contributed by atoms with Crippen molar-refractivity contribution in [1.82, 2.24) is 5.32 Å². The first-order valence-electron chi connectivity index (χ1n) is 6.52. The quantitative estimate of drug-likeness (QED) is 0.774. The van der Waals surface area contributed by atoms with E-state index in [1.807, 2.05) is 20.8 Å². The molecule has 1 unspecified atom stereocenters. The zero-order valence-corrected chi connectivity index (χ0v) is 10.9. The van der Waals surface area contributed by atoms with E-state index < -0.39 is 11.9 Å². The second-order valence-corrected chi connectivity index (χ2v) is 5.15. The number of carbonyl (C=O) groups excluding carboxylic acids is 1. The van der Waals surface area contributed by atoms with Gasteiger partial charge in [-0.05, 0) is 31.6 Å². The molecule has 0 bridgehead atoms. The molecule has 3 atom stereocenters. The predicted octanol–water partition coefficient (Wildman–Crippen LogP) is 2.04. The van der Waals surface area contributed by atoms with Crippen LogP contribution in [0.3, 0.4) is 0 Å². The van der Waals surface area contributed by atoms with Gasteiger partial charge in [0.05, 0.1) is 11.8 Å². The summed E-state index contributed by atoms with van der Waals surface area (Å²) in [6, 6.07) is 0.174. The second kappa shape index (κ2) is 6.03. The molecule has 0 spiro atoms. The molecule has 1 saturated carbocycles. The maximum atomic E-state index is 12.1. The largest absolute Gasteiger partial charge is 0.481 e. The second-order valence-electron chi connectivity index (χ2n) is 5.15. The smallest absolute Gasteiger partial charge is 0.307 e. The molecule has 1 aliphatic rings. The SMILES string of the molecule is CCC(CC)NC(=O)[C@H]1CC(C)C[C@H]1C(=O)O. The van der Waals surface area contributed by atoms with Crippen molar-refractivity contribution in [2.24, 2.45) is 17.8 Å². The Morgan fingerprint density at radius 1 is 1.24 bits per heavy atom. The van der Waals surface area contributed by atoms with E-state index in [0.29, 0.717) is 18.8 Å². The van der Waals surface area contributed by atoms with Gasteiger partial charge in [-0.15, -0.1) is 0 Å². The Kier molecular flexibility index (Phi) is 4.97. The van der Waals surface area contributed by atoms with Crippen molar-refractivity contribution < 1.29 is 14.7 Å². The fraction of sp³-hybridized carbons (Fsp3) is 0.846. The number of hydrogen-bond donors (Lipinski definition) is 2. The van der Waals surface area contributed by atoms with E-state index in [2.05, 4.69) is 5.32 Å². The van der Waals surface area contributed by atoms with Crippen molar-refractivity contribution in [2.75, 3.05) is 0 Å². The molecule has 0 aromatic rings. The molecule has 0 aliphatic heterocycles. The summed E-state index contributed by atoms with van der Waals surface area (Å²) in [5.41, 5.74) is 0. The highest BCUT2D eigenvalue weighted by atomic mass is 16.4. The van der Waals surface area contributed by atoms with Gasteiger partial charge in [0.1, 0.15) is 0 Å². The third-order valence-corrected chi connectivity index (χ3v) is 3.78. The van der Waals surface area contributed by atoms with E-state index in [-0.39, 0.29) is 17.9 Å². The summed E-state index contributed by atoms with van der Waals surface area (Å²) in [6.45, 7) is 6.07. The molecule has 1 amide bonds. The molecule has 1 rings (SSSR count). The van der Waals surface area contributed by atoms with Crippen LogP contribution in [0.15, 0.2) is 0 Å². The lowest BCUT2D eigenvalue weighted by Gasteiger charge is -2.20. The summed E-state index contributed by atoms with van der Waals surface area (Å²) in [5.74, 6) is -1.43. The number of aliphatic carboxylic acids is 1. The highest BCUT2D eigenvalue weighted by Gasteiger charge is 2.41. The summed E-state index contributed by atoms with van der Waals surface area (Å²) >= 11 is 0. The molecule has 1 aliphatic carbocycles. The van der Waals surface area contributed by atoms with Gasteiger partial charge in [0.2, 0.25) is 5.91 Å². The van der Waals surface area contributed by atoms with Gasteiger partial charge in [0.15, 0.2) is 0 Å². The normalized spacial score (nSPS) is 28.4. The molecule has 0 radical (unpaired) electrons. The van der Waals surface area contributed by atoms with Crippen molar-refractivity contribution >= 4 is 11.9 Å². The average molecular weight is 241 g/mol. The van der Waals surface area contributed by atoms with Gasteiger partial charge in [-0.25, -0.2) is 0 Å². The van der Waals surface area contributed by atoms with Crippen molar-refractivity contribution in [3.8, 4) is 0 Å². The Morgan fingerprint density at radius 3 is 2.24 bits per heavy atom. The molecular formula is C13H23NO3. The van der Waals surface area contributed by atoms with Crippen LogP contribution in [0.5, 0.6) is 0 Å². The molecule has 0 heterocycles. The maximum Gasteiger partial charge on any atom is 0.307 e. The van der Waals surface area contributed by atoms with E-state index in [4.69, 9.17) is 5.11 Å². The lowest BCUT2D eigenvalue weighted by Crippen LogP contribution is -2.40. The predicted molar refractivity (Wildman–Crippen MR) is 65.5 cm³/mol. The lowest BCUT2D eigenvalue weighted by molar-refractivity contribution is -0.146. The Morgan fingerprint density at radius 2 is 1.76 bits per heavy atom. The van der Waals surface area contributed by atoms with Crippen molar-refractivity contribution in [2.45, 2.75) is 52.5 Å². The Labute approximate surface area is 103 Å². The van der Waals surface area contributed by atoms with Gasteiger partial charge in [-0.3, -0.25) is 9.59 Å². The number of nitrogens with one attached hydrogen (secondary N) is 1. The molecular weight excluding hydrogens is 218 g/mol. The van der Waals surface area contributed by atoms with Crippen molar-refractivity contribution in [3.05, 3.63) is 0 Å². The fourth-order valence-electron chi connectivity index (χ4n) is 2.66. The summed E-state index contributed by atoms with van der Waals surface area (Å²) in [6.07, 6.45) is 3.10. The minimum Gasteiger partial charge on any atom is -0.481 e. The zero-order chi connectivity index (χ0) is 13.0. The summed E-state index contributed by atoms with van der Waals surface area (Å²) < 4.78 is 0. The van der Waals surface area contributed by atoms with Crippen molar-refractivity contribution in [3.63, 3.8) is 0 Å². The fourth-order valence-corrected chi connectivity index (χ4v) is 2.66. The lowest BCUT2D eigenvalue weighted by atomic mass is 9.95. The molecule has 0 aromatic carbocycles. The molecule has 0 saturated heterocycles. The highest BCUT2D eigenvalue weighted by Crippen LogP contribution is 2.36. The third-order valence-electron chi connectivity index (χ3n) is 3.78. The van der Waals surface area contributed by atoms with E-state index in [1.54, 1.807) is 0 Å². The van der Waals surface area contributed by atoms with Crippen LogP contribution in [0.4, 0.5) is 0 Å². The van der Waals surface area contributed by atoms with Crippen LogP contribution in [0.25, 0.3) is 0 Å². The van der Waals surface area contributed by atoms with Gasteiger partial charge in [0, 0.05) is 6.04 Å². The molecule has 0 aromatic heterocycles. The van der Waals surface area contributed by atoms with E-state index in [1.165, 1.54) is 0 Å². The molecule has 17 heavy (non-hydrogen) atoms. The van der Waals surface area contributed by atoms with E-state index in [0.717, 1.165) is 12.8 Å². The summed E-state index contributed by atoms with van der Waals surface area (Å²) in [7, 11) is 0. The van der Waals surface area contributed by atoms with Gasteiger partial charge in [-0.1, -0.05) is 20.8 Å².